The minimum atomic E-state index is -0.643. The molecule has 0 amide bonds. The second-order valence-electron chi connectivity index (χ2n) is 2.73. The van der Waals surface area contributed by atoms with E-state index in [0.29, 0.717) is 12.3 Å². The largest absolute Gasteiger partial charge is 0.236 e. The molecule has 0 aromatic heterocycles. The quantitative estimate of drug-likeness (QED) is 0.406. The maximum absolute atomic E-state index is 12.9. The lowest BCUT2D eigenvalue weighted by molar-refractivity contribution is 0.391. The van der Waals surface area contributed by atoms with Crippen molar-refractivity contribution in [3.63, 3.8) is 0 Å². The summed E-state index contributed by atoms with van der Waals surface area (Å²) in [7, 11) is 0. The van der Waals surface area contributed by atoms with Crippen LogP contribution in [0.15, 0.2) is 12.2 Å². The summed E-state index contributed by atoms with van der Waals surface area (Å²) >= 11 is -0.478. The highest BCUT2D eigenvalue weighted by Gasteiger charge is 2.12. The molecular weight excluding hydrogens is 254 g/mol. The molecule has 0 aliphatic carbocycles. The van der Waals surface area contributed by atoms with Crippen molar-refractivity contribution in [3.8, 4) is 0 Å². The molecule has 0 aromatic rings. The van der Waals surface area contributed by atoms with E-state index in [1.807, 2.05) is 6.92 Å². The van der Waals surface area contributed by atoms with Crippen molar-refractivity contribution in [1.29, 1.82) is 0 Å². The van der Waals surface area contributed by atoms with E-state index in [9.17, 15) is 4.39 Å². The fourth-order valence-electron chi connectivity index (χ4n) is 0.994. The van der Waals surface area contributed by atoms with Crippen LogP contribution in [0, 0.1) is 5.92 Å². The van der Waals surface area contributed by atoms with E-state index in [1.165, 1.54) is 0 Å². The Morgan fingerprint density at radius 1 is 1.64 bits per heavy atom. The van der Waals surface area contributed by atoms with Gasteiger partial charge in [-0.2, -0.15) is 0 Å². The first-order valence-electron chi connectivity index (χ1n) is 3.78. The van der Waals surface area contributed by atoms with Gasteiger partial charge in [-0.25, -0.2) is 4.39 Å². The van der Waals surface area contributed by atoms with E-state index in [4.69, 9.17) is 0 Å². The summed E-state index contributed by atoms with van der Waals surface area (Å²) in [5.74, 6) is 0.367. The van der Waals surface area contributed by atoms with Crippen molar-refractivity contribution in [2.24, 2.45) is 5.92 Å². The SMILES string of the molecule is C=IC(F)CC(CC)C(=C)C. The van der Waals surface area contributed by atoms with Crippen molar-refractivity contribution in [1.82, 2.24) is 0 Å². The zero-order chi connectivity index (χ0) is 8.85. The summed E-state index contributed by atoms with van der Waals surface area (Å²) in [5.41, 5.74) is 1.10. The molecule has 0 N–H and O–H groups in total. The van der Waals surface area contributed by atoms with E-state index in [0.717, 1.165) is 12.0 Å². The van der Waals surface area contributed by atoms with Crippen LogP contribution in [-0.2, 0) is 0 Å². The van der Waals surface area contributed by atoms with E-state index in [1.54, 1.807) is 0 Å². The van der Waals surface area contributed by atoms with Gasteiger partial charge >= 0.3 is 0 Å². The molecule has 0 spiro atoms. The zero-order valence-corrected chi connectivity index (χ0v) is 9.40. The molecular formula is C9H16FI. The molecule has 0 nitrogen and oxygen atoms in total. The fourth-order valence-corrected chi connectivity index (χ4v) is 1.97. The number of allylic oxidation sites excluding steroid dienone is 1. The summed E-state index contributed by atoms with van der Waals surface area (Å²) in [5, 5.41) is 0. The molecule has 0 radical (unpaired) electrons. The van der Waals surface area contributed by atoms with Gasteiger partial charge in [-0.05, 0) is 25.7 Å². The van der Waals surface area contributed by atoms with Crippen molar-refractivity contribution in [2.75, 3.05) is 0 Å². The average Bonchev–Trinajstić information content (AvgIpc) is 1.99. The Balaban J connectivity index is 3.87. The minimum Gasteiger partial charge on any atom is -0.236 e. The molecule has 0 bridgehead atoms. The number of halogens is 2. The van der Waals surface area contributed by atoms with Gasteiger partial charge in [0.05, 0.1) is 0 Å². The second-order valence-corrected chi connectivity index (χ2v) is 4.97. The van der Waals surface area contributed by atoms with Crippen LogP contribution < -0.4 is 0 Å². The molecule has 0 heterocycles. The summed E-state index contributed by atoms with van der Waals surface area (Å²) in [4.78, 5) is 0. The van der Waals surface area contributed by atoms with Crippen LogP contribution in [0.5, 0.6) is 0 Å². The Labute approximate surface area is 78.6 Å². The fraction of sp³-hybridized carbons (Fsp3) is 0.667. The summed E-state index contributed by atoms with van der Waals surface area (Å²) in [6, 6.07) is 0. The van der Waals surface area contributed by atoms with Crippen LogP contribution in [-0.4, -0.2) is 8.69 Å². The Hall–Kier alpha value is 0.270. The maximum Gasteiger partial charge on any atom is 0.146 e. The van der Waals surface area contributed by atoms with Crippen LogP contribution in [0.25, 0.3) is 0 Å². The summed E-state index contributed by atoms with van der Waals surface area (Å²) in [6.07, 6.45) is 1.64. The van der Waals surface area contributed by atoms with Gasteiger partial charge in [0.2, 0.25) is 0 Å². The lowest BCUT2D eigenvalue weighted by Crippen LogP contribution is -2.04. The third-order valence-electron chi connectivity index (χ3n) is 1.82. The van der Waals surface area contributed by atoms with Gasteiger partial charge < -0.3 is 0 Å². The number of hydrogen-bond acceptors (Lipinski definition) is 0. The standard InChI is InChI=1S/C9H16FI/c1-5-8(7(2)3)6-9(10)11-4/h8-9H,2,4-6H2,1,3H3. The molecule has 0 fully saturated rings. The van der Waals surface area contributed by atoms with Gasteiger partial charge in [-0.1, -0.05) is 44.3 Å². The predicted molar refractivity (Wildman–Crippen MR) is 59.2 cm³/mol. The summed E-state index contributed by atoms with van der Waals surface area (Å²) < 4.78 is 15.9. The van der Waals surface area contributed by atoms with Crippen LogP contribution in [0.1, 0.15) is 26.7 Å². The zero-order valence-electron chi connectivity index (χ0n) is 7.24. The highest BCUT2D eigenvalue weighted by Crippen LogP contribution is 2.25. The lowest BCUT2D eigenvalue weighted by atomic mass is 9.96. The second kappa shape index (κ2) is 5.86. The molecule has 0 saturated heterocycles. The van der Waals surface area contributed by atoms with Crippen molar-refractivity contribution in [2.45, 2.75) is 30.9 Å². The highest BCUT2D eigenvalue weighted by atomic mass is 127. The van der Waals surface area contributed by atoms with Gasteiger partial charge in [0.15, 0.2) is 0 Å². The monoisotopic (exact) mass is 270 g/mol. The van der Waals surface area contributed by atoms with Crippen molar-refractivity contribution >= 4 is 25.2 Å². The Morgan fingerprint density at radius 2 is 2.18 bits per heavy atom. The molecule has 2 atom stereocenters. The molecule has 0 aromatic carbocycles. The topological polar surface area (TPSA) is 0 Å². The Morgan fingerprint density at radius 3 is 2.45 bits per heavy atom. The molecule has 2 unspecified atom stereocenters. The lowest BCUT2D eigenvalue weighted by Gasteiger charge is -2.14. The predicted octanol–water partition coefficient (Wildman–Crippen LogP) is 3.68. The van der Waals surface area contributed by atoms with E-state index in [2.05, 4.69) is 18.0 Å². The van der Waals surface area contributed by atoms with Gasteiger partial charge in [0, 0.05) is 0 Å². The van der Waals surface area contributed by atoms with Gasteiger partial charge in [-0.3, -0.25) is 0 Å². The highest BCUT2D eigenvalue weighted by molar-refractivity contribution is 14.2. The number of alkyl halides is 2. The smallest absolute Gasteiger partial charge is 0.146 e. The van der Waals surface area contributed by atoms with E-state index in [-0.39, 0.29) is 0 Å². The van der Waals surface area contributed by atoms with Crippen molar-refractivity contribution in [3.05, 3.63) is 12.2 Å². The van der Waals surface area contributed by atoms with Gasteiger partial charge in [0.1, 0.15) is 4.18 Å². The first-order valence-corrected chi connectivity index (χ1v) is 6.55. The van der Waals surface area contributed by atoms with Crippen LogP contribution in [0.3, 0.4) is 0 Å². The van der Waals surface area contributed by atoms with Crippen LogP contribution in [0.2, 0.25) is 0 Å². The minimum absolute atomic E-state index is 0.367. The molecule has 11 heavy (non-hydrogen) atoms. The van der Waals surface area contributed by atoms with Gasteiger partial charge in [-0.15, -0.1) is 0 Å². The third-order valence-corrected chi connectivity index (χ3v) is 3.28. The molecule has 0 saturated carbocycles. The maximum atomic E-state index is 12.9. The van der Waals surface area contributed by atoms with Crippen molar-refractivity contribution < 1.29 is 4.39 Å². The molecule has 0 rings (SSSR count). The Bertz CT molecular complexity index is 142. The molecule has 2 heteroatoms. The number of hydrogen-bond donors (Lipinski definition) is 0. The summed E-state index contributed by atoms with van der Waals surface area (Å²) in [6.45, 7) is 7.89. The van der Waals surface area contributed by atoms with Crippen LogP contribution in [0.4, 0.5) is 4.39 Å². The molecule has 66 valence electrons. The first-order chi connectivity index (χ1) is 5.11. The first kappa shape index (κ1) is 11.3. The van der Waals surface area contributed by atoms with E-state index < -0.39 is 24.9 Å². The normalized spacial score (nSPS) is 15.9. The Kier molecular flexibility index (Phi) is 6.01. The average molecular weight is 270 g/mol. The molecule has 0 aliphatic heterocycles. The van der Waals surface area contributed by atoms with Gasteiger partial charge in [0.25, 0.3) is 0 Å². The molecule has 0 aliphatic rings. The van der Waals surface area contributed by atoms with Crippen LogP contribution >= 0.6 is 20.7 Å². The third kappa shape index (κ3) is 4.67. The van der Waals surface area contributed by atoms with E-state index >= 15 is 0 Å². The number of rotatable bonds is 5.